The molecule has 0 spiro atoms. The van der Waals surface area contributed by atoms with Crippen LogP contribution in [0.4, 0.5) is 0 Å². The van der Waals surface area contributed by atoms with Crippen LogP contribution in [0.25, 0.3) is 0 Å². The number of hydrogen-bond donors (Lipinski definition) is 2. The normalized spacial score (nSPS) is 17.0. The van der Waals surface area contributed by atoms with Crippen molar-refractivity contribution in [2.75, 3.05) is 19.8 Å². The fraction of sp³-hybridized carbons (Fsp3) is 0.500. The van der Waals surface area contributed by atoms with Gasteiger partial charge in [0.15, 0.2) is 14.6 Å². The lowest BCUT2D eigenvalue weighted by atomic mass is 9.99. The predicted octanol–water partition coefficient (Wildman–Crippen LogP) is 1.34. The first-order chi connectivity index (χ1) is 11.8. The van der Waals surface area contributed by atoms with E-state index >= 15 is 0 Å². The van der Waals surface area contributed by atoms with Crippen LogP contribution in [0.15, 0.2) is 29.2 Å². The fourth-order valence-electron chi connectivity index (χ4n) is 2.65. The van der Waals surface area contributed by atoms with E-state index < -0.39 is 26.5 Å². The van der Waals surface area contributed by atoms with Crippen molar-refractivity contribution in [3.05, 3.63) is 24.3 Å². The van der Waals surface area contributed by atoms with Crippen molar-refractivity contribution < 1.29 is 37.7 Å². The summed E-state index contributed by atoms with van der Waals surface area (Å²) in [6.07, 6.45) is 0.114. The van der Waals surface area contributed by atoms with Gasteiger partial charge in [0.1, 0.15) is 5.75 Å². The van der Waals surface area contributed by atoms with E-state index in [1.54, 1.807) is 0 Å². The molecule has 9 heteroatoms. The van der Waals surface area contributed by atoms with Gasteiger partial charge in [-0.1, -0.05) is 0 Å². The van der Waals surface area contributed by atoms with Crippen LogP contribution in [-0.2, 0) is 24.2 Å². The summed E-state index contributed by atoms with van der Waals surface area (Å²) in [5.41, 5.74) is 0. The Hall–Kier alpha value is -2.13. The van der Waals surface area contributed by atoms with E-state index in [1.807, 2.05) is 0 Å². The van der Waals surface area contributed by atoms with E-state index in [9.17, 15) is 23.1 Å². The molecule has 1 aromatic carbocycles. The topological polar surface area (TPSA) is 127 Å². The number of aliphatic carboxylic acids is 2. The minimum absolute atomic E-state index is 0.0182. The number of ether oxygens (including phenoxy) is 2. The molecular weight excluding hydrogens is 352 g/mol. The molecule has 1 aliphatic heterocycles. The number of carbonyl (C=O) groups is 2. The minimum Gasteiger partial charge on any atom is -0.494 e. The Labute approximate surface area is 145 Å². The first kappa shape index (κ1) is 19.2. The quantitative estimate of drug-likeness (QED) is 0.654. The number of rotatable bonds is 8. The lowest BCUT2D eigenvalue weighted by molar-refractivity contribution is -0.142. The summed E-state index contributed by atoms with van der Waals surface area (Å²) in [5, 5.41) is 18.1. The highest BCUT2D eigenvalue weighted by molar-refractivity contribution is 7.93. The van der Waals surface area contributed by atoms with Gasteiger partial charge in [-0.15, -0.1) is 0 Å². The maximum absolute atomic E-state index is 12.9. The van der Waals surface area contributed by atoms with Crippen molar-refractivity contribution in [3.8, 4) is 5.75 Å². The average Bonchev–Trinajstić information content (AvgIpc) is 2.59. The molecule has 0 unspecified atom stereocenters. The molecule has 1 saturated heterocycles. The summed E-state index contributed by atoms with van der Waals surface area (Å²) in [6, 6.07) is 5.48. The van der Waals surface area contributed by atoms with Crippen molar-refractivity contribution in [1.29, 1.82) is 0 Å². The Morgan fingerprint density at radius 2 is 1.72 bits per heavy atom. The molecule has 2 rings (SSSR count). The SMILES string of the molecule is O=C(O)CCCOc1ccc(S(=O)(=O)C2(C(=O)O)CCOCC2)cc1. The first-order valence-electron chi connectivity index (χ1n) is 7.80. The van der Waals surface area contributed by atoms with E-state index in [0.29, 0.717) is 12.2 Å². The van der Waals surface area contributed by atoms with Crippen LogP contribution in [0.2, 0.25) is 0 Å². The maximum Gasteiger partial charge on any atom is 0.325 e. The summed E-state index contributed by atoms with van der Waals surface area (Å²) in [7, 11) is -4.09. The average molecular weight is 372 g/mol. The molecule has 8 nitrogen and oxygen atoms in total. The molecule has 0 aromatic heterocycles. The molecule has 2 N–H and O–H groups in total. The Kier molecular flexibility index (Phi) is 6.02. The lowest BCUT2D eigenvalue weighted by Gasteiger charge is -2.32. The predicted molar refractivity (Wildman–Crippen MR) is 86.4 cm³/mol. The maximum atomic E-state index is 12.9. The third kappa shape index (κ3) is 4.10. The van der Waals surface area contributed by atoms with Crippen LogP contribution >= 0.6 is 0 Å². The lowest BCUT2D eigenvalue weighted by Crippen LogP contribution is -2.50. The minimum atomic E-state index is -4.09. The molecule has 0 atom stereocenters. The zero-order chi connectivity index (χ0) is 18.5. The van der Waals surface area contributed by atoms with Crippen molar-refractivity contribution in [1.82, 2.24) is 0 Å². The highest BCUT2D eigenvalue weighted by Crippen LogP contribution is 2.35. The van der Waals surface area contributed by atoms with Gasteiger partial charge in [-0.2, -0.15) is 0 Å². The smallest absolute Gasteiger partial charge is 0.325 e. The van der Waals surface area contributed by atoms with Crippen LogP contribution in [0.1, 0.15) is 25.7 Å². The third-order valence-corrected chi connectivity index (χ3v) is 6.65. The Bertz CT molecular complexity index is 717. The highest BCUT2D eigenvalue weighted by Gasteiger charge is 2.52. The molecule has 25 heavy (non-hydrogen) atoms. The highest BCUT2D eigenvalue weighted by atomic mass is 32.2. The second-order valence-corrected chi connectivity index (χ2v) is 7.99. The summed E-state index contributed by atoms with van der Waals surface area (Å²) in [4.78, 5) is 22.0. The van der Waals surface area contributed by atoms with Crippen LogP contribution in [-0.4, -0.2) is 55.1 Å². The third-order valence-electron chi connectivity index (χ3n) is 4.14. The van der Waals surface area contributed by atoms with Crippen molar-refractivity contribution in [2.45, 2.75) is 35.3 Å². The number of hydrogen-bond acceptors (Lipinski definition) is 6. The van der Waals surface area contributed by atoms with E-state index in [4.69, 9.17) is 14.6 Å². The molecule has 0 bridgehead atoms. The number of carboxylic acids is 2. The molecule has 0 saturated carbocycles. The summed E-state index contributed by atoms with van der Waals surface area (Å²) < 4.78 is 34.3. The first-order valence-corrected chi connectivity index (χ1v) is 9.28. The van der Waals surface area contributed by atoms with Gasteiger partial charge in [-0.3, -0.25) is 9.59 Å². The van der Waals surface area contributed by atoms with Crippen LogP contribution in [0.3, 0.4) is 0 Å². The second-order valence-electron chi connectivity index (χ2n) is 5.73. The number of benzene rings is 1. The summed E-state index contributed by atoms with van der Waals surface area (Å²) in [6.45, 7) is 0.349. The van der Waals surface area contributed by atoms with Gasteiger partial charge in [0.05, 0.1) is 11.5 Å². The zero-order valence-electron chi connectivity index (χ0n) is 13.5. The number of sulfone groups is 1. The van der Waals surface area contributed by atoms with E-state index in [1.165, 1.54) is 24.3 Å². The largest absolute Gasteiger partial charge is 0.494 e. The Balaban J connectivity index is 2.14. The molecule has 1 heterocycles. The molecule has 0 amide bonds. The van der Waals surface area contributed by atoms with E-state index in [2.05, 4.69) is 0 Å². The van der Waals surface area contributed by atoms with Gasteiger partial charge in [-0.25, -0.2) is 8.42 Å². The van der Waals surface area contributed by atoms with E-state index in [0.717, 1.165) is 0 Å². The van der Waals surface area contributed by atoms with Crippen LogP contribution in [0.5, 0.6) is 5.75 Å². The van der Waals surface area contributed by atoms with Gasteiger partial charge in [0.25, 0.3) is 0 Å². The van der Waals surface area contributed by atoms with Gasteiger partial charge < -0.3 is 19.7 Å². The molecule has 1 aliphatic rings. The summed E-state index contributed by atoms with van der Waals surface area (Å²) >= 11 is 0. The van der Waals surface area contributed by atoms with Gasteiger partial charge in [0, 0.05) is 32.5 Å². The molecule has 138 valence electrons. The Morgan fingerprint density at radius 3 is 2.24 bits per heavy atom. The number of carboxylic acid groups (broad SMARTS) is 2. The van der Waals surface area contributed by atoms with Crippen molar-refractivity contribution in [3.63, 3.8) is 0 Å². The molecule has 0 radical (unpaired) electrons. The zero-order valence-corrected chi connectivity index (χ0v) is 14.3. The summed E-state index contributed by atoms with van der Waals surface area (Å²) in [5.74, 6) is -1.90. The Morgan fingerprint density at radius 1 is 1.12 bits per heavy atom. The molecule has 1 fully saturated rings. The van der Waals surface area contributed by atoms with Crippen molar-refractivity contribution >= 4 is 21.8 Å². The van der Waals surface area contributed by atoms with Gasteiger partial charge in [-0.05, 0) is 30.7 Å². The van der Waals surface area contributed by atoms with Gasteiger partial charge in [0.2, 0.25) is 0 Å². The molecular formula is C16H20O8S. The molecule has 0 aliphatic carbocycles. The second kappa shape index (κ2) is 7.83. The van der Waals surface area contributed by atoms with Crippen LogP contribution in [0, 0.1) is 0 Å². The molecule has 1 aromatic rings. The fourth-order valence-corrected chi connectivity index (χ4v) is 4.53. The standard InChI is InChI=1S/C16H20O8S/c17-14(18)2-1-9-24-12-3-5-13(6-4-12)25(21,22)16(15(19)20)7-10-23-11-8-16/h3-6H,1-2,7-11H2,(H,17,18)(H,19,20). The monoisotopic (exact) mass is 372 g/mol. The van der Waals surface area contributed by atoms with Crippen LogP contribution < -0.4 is 4.74 Å². The van der Waals surface area contributed by atoms with Gasteiger partial charge >= 0.3 is 11.9 Å². The van der Waals surface area contributed by atoms with Crippen molar-refractivity contribution in [2.24, 2.45) is 0 Å². The van der Waals surface area contributed by atoms with E-state index in [-0.39, 0.29) is 44.0 Å².